The van der Waals surface area contributed by atoms with Crippen LogP contribution in [-0.4, -0.2) is 4.98 Å². The van der Waals surface area contributed by atoms with Crippen LogP contribution in [0.1, 0.15) is 38.8 Å². The third-order valence-electron chi connectivity index (χ3n) is 4.90. The third kappa shape index (κ3) is 2.62. The topological polar surface area (TPSA) is 26.0 Å². The summed E-state index contributed by atoms with van der Waals surface area (Å²) in [4.78, 5) is 4.64. The van der Waals surface area contributed by atoms with Crippen molar-refractivity contribution in [3.8, 4) is 11.3 Å². The molecule has 2 aromatic heterocycles. The van der Waals surface area contributed by atoms with E-state index in [-0.39, 0.29) is 5.41 Å². The molecule has 0 aliphatic carbocycles. The van der Waals surface area contributed by atoms with Gasteiger partial charge in [-0.05, 0) is 47.2 Å². The number of fused-ring (bicyclic) bond motifs is 3. The van der Waals surface area contributed by atoms with E-state index in [1.165, 1.54) is 21.9 Å². The van der Waals surface area contributed by atoms with Gasteiger partial charge in [0.25, 0.3) is 0 Å². The third-order valence-corrected chi connectivity index (χ3v) is 4.90. The van der Waals surface area contributed by atoms with Crippen LogP contribution in [0.5, 0.6) is 0 Å². The number of para-hydroxylation sites is 1. The van der Waals surface area contributed by atoms with Gasteiger partial charge in [0.05, 0.1) is 5.69 Å². The molecule has 0 amide bonds. The van der Waals surface area contributed by atoms with Crippen molar-refractivity contribution in [1.82, 2.24) is 4.98 Å². The molecule has 0 unspecified atom stereocenters. The van der Waals surface area contributed by atoms with Gasteiger partial charge < -0.3 is 4.42 Å². The molecule has 0 spiro atoms. The van der Waals surface area contributed by atoms with Crippen molar-refractivity contribution in [1.29, 1.82) is 0 Å². The average Bonchev–Trinajstić information content (AvgIpc) is 3.00. The first-order chi connectivity index (χ1) is 12.0. The molecule has 4 rings (SSSR count). The summed E-state index contributed by atoms with van der Waals surface area (Å²) in [6, 6.07) is 16.9. The molecule has 0 aliphatic heterocycles. The second kappa shape index (κ2) is 5.73. The number of rotatable bonds is 2. The molecule has 2 nitrogen and oxygen atoms in total. The maximum Gasteiger partial charge on any atom is 0.145 e. The Balaban J connectivity index is 2.04. The summed E-state index contributed by atoms with van der Waals surface area (Å²) in [5.74, 6) is 0. The van der Waals surface area contributed by atoms with Crippen LogP contribution < -0.4 is 0 Å². The van der Waals surface area contributed by atoms with Gasteiger partial charge in [-0.25, -0.2) is 0 Å². The number of aromatic nitrogens is 1. The van der Waals surface area contributed by atoms with E-state index in [2.05, 4.69) is 69.1 Å². The monoisotopic (exact) mass is 329 g/mol. The van der Waals surface area contributed by atoms with Crippen molar-refractivity contribution in [2.24, 2.45) is 0 Å². The molecule has 4 aromatic rings. The fourth-order valence-corrected chi connectivity index (χ4v) is 3.44. The van der Waals surface area contributed by atoms with Crippen molar-refractivity contribution in [2.75, 3.05) is 0 Å². The highest BCUT2D eigenvalue weighted by atomic mass is 16.3. The van der Waals surface area contributed by atoms with Crippen LogP contribution in [0.3, 0.4) is 0 Å². The molecule has 2 aromatic carbocycles. The zero-order valence-electron chi connectivity index (χ0n) is 15.3. The lowest BCUT2D eigenvalue weighted by molar-refractivity contribution is 0.589. The van der Waals surface area contributed by atoms with Crippen LogP contribution in [0.25, 0.3) is 33.2 Å². The number of nitrogens with zero attached hydrogens (tertiary/aromatic N) is 1. The number of aryl methyl sites for hydroxylation is 1. The van der Waals surface area contributed by atoms with E-state index in [9.17, 15) is 0 Å². The quantitative estimate of drug-likeness (QED) is 0.419. The molecule has 2 heterocycles. The first-order valence-corrected chi connectivity index (χ1v) is 8.89. The van der Waals surface area contributed by atoms with Crippen LogP contribution in [0.2, 0.25) is 0 Å². The van der Waals surface area contributed by atoms with Gasteiger partial charge in [-0.3, -0.25) is 4.98 Å². The lowest BCUT2D eigenvalue weighted by Crippen LogP contribution is -2.11. The Morgan fingerprint density at radius 1 is 1.00 bits per heavy atom. The number of furan rings is 1. The fraction of sp³-hybridized carbons (Fsp3) is 0.261. The number of benzene rings is 2. The van der Waals surface area contributed by atoms with E-state index in [4.69, 9.17) is 4.42 Å². The summed E-state index contributed by atoms with van der Waals surface area (Å²) in [5.41, 5.74) is 6.60. The summed E-state index contributed by atoms with van der Waals surface area (Å²) >= 11 is 0. The Bertz CT molecular complexity index is 1070. The normalized spacial score (nSPS) is 12.2. The smallest absolute Gasteiger partial charge is 0.145 e. The second-order valence-electron chi connectivity index (χ2n) is 7.61. The van der Waals surface area contributed by atoms with Crippen LogP contribution in [0.15, 0.2) is 59.1 Å². The summed E-state index contributed by atoms with van der Waals surface area (Å²) in [7, 11) is 0. The first-order valence-electron chi connectivity index (χ1n) is 8.89. The predicted octanol–water partition coefficient (Wildman–Crippen LogP) is 6.51. The Labute approximate surface area is 148 Å². The molecule has 0 fully saturated rings. The summed E-state index contributed by atoms with van der Waals surface area (Å²) in [6.07, 6.45) is 2.88. The van der Waals surface area contributed by atoms with Crippen molar-refractivity contribution < 1.29 is 4.42 Å². The Kier molecular flexibility index (Phi) is 3.64. The van der Waals surface area contributed by atoms with E-state index < -0.39 is 0 Å². The van der Waals surface area contributed by atoms with Gasteiger partial charge in [0, 0.05) is 22.5 Å². The van der Waals surface area contributed by atoms with Crippen LogP contribution in [0.4, 0.5) is 0 Å². The summed E-state index contributed by atoms with van der Waals surface area (Å²) < 4.78 is 6.27. The first kappa shape index (κ1) is 15.9. The largest absolute Gasteiger partial charge is 0.455 e. The van der Waals surface area contributed by atoms with E-state index in [0.29, 0.717) is 0 Å². The lowest BCUT2D eigenvalue weighted by Gasteiger charge is -2.19. The minimum Gasteiger partial charge on any atom is -0.455 e. The number of hydrogen-bond acceptors (Lipinski definition) is 2. The maximum atomic E-state index is 6.27. The second-order valence-corrected chi connectivity index (χ2v) is 7.61. The molecule has 25 heavy (non-hydrogen) atoms. The van der Waals surface area contributed by atoms with Gasteiger partial charge in [0.15, 0.2) is 0 Å². The minimum absolute atomic E-state index is 0.0913. The predicted molar refractivity (Wildman–Crippen MR) is 105 cm³/mol. The standard InChI is InChI=1S/C23H23NO/c1-5-15-10-11-17(19-14-16(12-13-24-19)23(2,3)4)22-21(15)18-8-6-7-9-20(18)25-22/h6-14H,5H2,1-4H3. The average molecular weight is 329 g/mol. The van der Waals surface area contributed by atoms with Gasteiger partial charge in [-0.2, -0.15) is 0 Å². The highest BCUT2D eigenvalue weighted by Crippen LogP contribution is 2.38. The number of hydrogen-bond donors (Lipinski definition) is 0. The van der Waals surface area contributed by atoms with Crippen LogP contribution >= 0.6 is 0 Å². The van der Waals surface area contributed by atoms with E-state index >= 15 is 0 Å². The van der Waals surface area contributed by atoms with Gasteiger partial charge in [0.1, 0.15) is 11.2 Å². The molecule has 0 saturated carbocycles. The molecule has 0 aliphatic rings. The highest BCUT2D eigenvalue weighted by molar-refractivity contribution is 6.11. The Hall–Kier alpha value is -2.61. The molecule has 0 radical (unpaired) electrons. The Morgan fingerprint density at radius 3 is 2.56 bits per heavy atom. The maximum absolute atomic E-state index is 6.27. The molecule has 0 atom stereocenters. The molecule has 0 N–H and O–H groups in total. The zero-order valence-corrected chi connectivity index (χ0v) is 15.3. The highest BCUT2D eigenvalue weighted by Gasteiger charge is 2.18. The number of pyridine rings is 1. The molecular weight excluding hydrogens is 306 g/mol. The summed E-state index contributed by atoms with van der Waals surface area (Å²) in [6.45, 7) is 8.86. The van der Waals surface area contributed by atoms with Crippen LogP contribution in [-0.2, 0) is 11.8 Å². The fourth-order valence-electron chi connectivity index (χ4n) is 3.44. The van der Waals surface area contributed by atoms with E-state index in [1.54, 1.807) is 0 Å². The van der Waals surface area contributed by atoms with Gasteiger partial charge in [0.2, 0.25) is 0 Å². The zero-order chi connectivity index (χ0) is 17.6. The van der Waals surface area contributed by atoms with E-state index in [1.807, 2.05) is 18.3 Å². The molecule has 126 valence electrons. The van der Waals surface area contributed by atoms with Gasteiger partial charge >= 0.3 is 0 Å². The Morgan fingerprint density at radius 2 is 1.80 bits per heavy atom. The molecular formula is C23H23NO. The molecule has 2 heteroatoms. The van der Waals surface area contributed by atoms with Crippen molar-refractivity contribution >= 4 is 21.9 Å². The van der Waals surface area contributed by atoms with Crippen molar-refractivity contribution in [3.63, 3.8) is 0 Å². The van der Waals surface area contributed by atoms with Crippen LogP contribution in [0, 0.1) is 0 Å². The molecule has 0 bridgehead atoms. The molecule has 0 saturated heterocycles. The van der Waals surface area contributed by atoms with Crippen molar-refractivity contribution in [3.05, 3.63) is 65.9 Å². The summed E-state index contributed by atoms with van der Waals surface area (Å²) in [5, 5.41) is 2.40. The SMILES string of the molecule is CCc1ccc(-c2cc(C(C)(C)C)ccn2)c2oc3ccccc3c12. The van der Waals surface area contributed by atoms with Gasteiger partial charge in [-0.1, -0.05) is 52.0 Å². The van der Waals surface area contributed by atoms with Crippen molar-refractivity contribution in [2.45, 2.75) is 39.5 Å². The van der Waals surface area contributed by atoms with E-state index in [0.717, 1.165) is 28.8 Å². The minimum atomic E-state index is 0.0913. The van der Waals surface area contributed by atoms with Gasteiger partial charge in [-0.15, -0.1) is 0 Å². The lowest BCUT2D eigenvalue weighted by atomic mass is 9.86.